The van der Waals surface area contributed by atoms with Gasteiger partial charge >= 0.3 is 6.03 Å². The Morgan fingerprint density at radius 2 is 1.82 bits per heavy atom. The predicted molar refractivity (Wildman–Crippen MR) is 111 cm³/mol. The van der Waals surface area contributed by atoms with E-state index in [4.69, 9.17) is 4.74 Å². The van der Waals surface area contributed by atoms with Gasteiger partial charge in [-0.3, -0.25) is 10.1 Å². The number of nitrogens with zero attached hydrogens (tertiary/aromatic N) is 1. The van der Waals surface area contributed by atoms with E-state index in [1.165, 1.54) is 11.3 Å². The second kappa shape index (κ2) is 9.01. The molecular formula is C20H20N4O3S. The average molecular weight is 396 g/mol. The van der Waals surface area contributed by atoms with Gasteiger partial charge in [0, 0.05) is 22.8 Å². The summed E-state index contributed by atoms with van der Waals surface area (Å²) >= 11 is 1.26. The van der Waals surface area contributed by atoms with E-state index in [0.717, 1.165) is 5.56 Å². The molecule has 0 fully saturated rings. The number of hydrogen-bond donors (Lipinski definition) is 3. The van der Waals surface area contributed by atoms with E-state index in [1.807, 2.05) is 31.2 Å². The van der Waals surface area contributed by atoms with Crippen LogP contribution in [0.3, 0.4) is 0 Å². The maximum Gasteiger partial charge on any atom is 0.325 e. The molecule has 0 aliphatic carbocycles. The Kier molecular flexibility index (Phi) is 6.23. The van der Waals surface area contributed by atoms with Gasteiger partial charge < -0.3 is 15.4 Å². The molecule has 0 saturated heterocycles. The Hall–Kier alpha value is -3.39. The lowest BCUT2D eigenvalue weighted by Gasteiger charge is -2.06. The van der Waals surface area contributed by atoms with Crippen molar-refractivity contribution < 1.29 is 14.3 Å². The number of benzene rings is 2. The number of amides is 3. The molecule has 7 nitrogen and oxygen atoms in total. The minimum absolute atomic E-state index is 0.106. The quantitative estimate of drug-likeness (QED) is 0.580. The van der Waals surface area contributed by atoms with Crippen molar-refractivity contribution in [3.63, 3.8) is 0 Å². The number of carbonyl (C=O) groups excluding carboxylic acids is 2. The molecule has 1 heterocycles. The fourth-order valence-corrected chi connectivity index (χ4v) is 3.12. The van der Waals surface area contributed by atoms with Crippen LogP contribution in [0.1, 0.15) is 11.3 Å². The molecule has 3 N–H and O–H groups in total. The second-order valence-corrected chi connectivity index (χ2v) is 6.90. The standard InChI is InChI=1S/C20H20N4O3S/c1-13-6-8-14(9-7-13)22-19(26)24-20-23-16(12-28-20)11-18(25)21-15-4-3-5-17(10-15)27-2/h3-10,12H,11H2,1-2H3,(H,21,25)(H2,22,23,24,26). The Morgan fingerprint density at radius 3 is 2.57 bits per heavy atom. The molecule has 2 aromatic carbocycles. The lowest BCUT2D eigenvalue weighted by molar-refractivity contribution is -0.115. The lowest BCUT2D eigenvalue weighted by Crippen LogP contribution is -2.19. The third-order valence-electron chi connectivity index (χ3n) is 3.78. The number of anilines is 3. The summed E-state index contributed by atoms with van der Waals surface area (Å²) in [4.78, 5) is 28.5. The maximum atomic E-state index is 12.2. The highest BCUT2D eigenvalue weighted by Crippen LogP contribution is 2.19. The monoisotopic (exact) mass is 396 g/mol. The number of carbonyl (C=O) groups is 2. The van der Waals surface area contributed by atoms with Crippen LogP contribution in [0.2, 0.25) is 0 Å². The summed E-state index contributed by atoms with van der Waals surface area (Å²) in [7, 11) is 1.57. The molecule has 0 atom stereocenters. The SMILES string of the molecule is COc1cccc(NC(=O)Cc2csc(NC(=O)Nc3ccc(C)cc3)n2)c1. The number of ether oxygens (including phenoxy) is 1. The molecule has 8 heteroatoms. The summed E-state index contributed by atoms with van der Waals surface area (Å²) in [6.45, 7) is 1.98. The van der Waals surface area contributed by atoms with Gasteiger partial charge in [-0.25, -0.2) is 9.78 Å². The topological polar surface area (TPSA) is 92.4 Å². The van der Waals surface area contributed by atoms with Gasteiger partial charge in [0.1, 0.15) is 5.75 Å². The molecule has 28 heavy (non-hydrogen) atoms. The summed E-state index contributed by atoms with van der Waals surface area (Å²) < 4.78 is 5.14. The first-order valence-corrected chi connectivity index (χ1v) is 9.43. The van der Waals surface area contributed by atoms with E-state index < -0.39 is 0 Å². The van der Waals surface area contributed by atoms with Gasteiger partial charge in [-0.1, -0.05) is 23.8 Å². The van der Waals surface area contributed by atoms with Gasteiger partial charge in [-0.2, -0.15) is 0 Å². The summed E-state index contributed by atoms with van der Waals surface area (Å²) in [6, 6.07) is 14.2. The fourth-order valence-electron chi connectivity index (χ4n) is 2.41. The molecule has 0 unspecified atom stereocenters. The average Bonchev–Trinajstić information content (AvgIpc) is 3.10. The Balaban J connectivity index is 1.52. The summed E-state index contributed by atoms with van der Waals surface area (Å²) in [5, 5.41) is 10.4. The zero-order valence-electron chi connectivity index (χ0n) is 15.5. The summed E-state index contributed by atoms with van der Waals surface area (Å²) in [5.74, 6) is 0.465. The molecule has 144 valence electrons. The van der Waals surface area contributed by atoms with Crippen LogP contribution >= 0.6 is 11.3 Å². The van der Waals surface area contributed by atoms with Crippen LogP contribution < -0.4 is 20.7 Å². The zero-order valence-corrected chi connectivity index (χ0v) is 16.3. The molecule has 1 aromatic heterocycles. The fraction of sp³-hybridized carbons (Fsp3) is 0.150. The molecule has 0 aliphatic heterocycles. The number of hydrogen-bond acceptors (Lipinski definition) is 5. The third kappa shape index (κ3) is 5.55. The summed E-state index contributed by atoms with van der Waals surface area (Å²) in [6.07, 6.45) is 0.106. The lowest BCUT2D eigenvalue weighted by atomic mass is 10.2. The predicted octanol–water partition coefficient (Wildman–Crippen LogP) is 4.29. The summed E-state index contributed by atoms with van der Waals surface area (Å²) in [5.41, 5.74) is 3.03. The van der Waals surface area contributed by atoms with Crippen molar-refractivity contribution >= 4 is 39.8 Å². The largest absolute Gasteiger partial charge is 0.497 e. The number of thiazole rings is 1. The van der Waals surface area contributed by atoms with E-state index in [9.17, 15) is 9.59 Å². The van der Waals surface area contributed by atoms with Crippen molar-refractivity contribution in [2.45, 2.75) is 13.3 Å². The van der Waals surface area contributed by atoms with Gasteiger partial charge in [0.2, 0.25) is 5.91 Å². The van der Waals surface area contributed by atoms with E-state index >= 15 is 0 Å². The highest BCUT2D eigenvalue weighted by atomic mass is 32.1. The van der Waals surface area contributed by atoms with Crippen molar-refractivity contribution in [1.29, 1.82) is 0 Å². The first-order chi connectivity index (χ1) is 13.5. The third-order valence-corrected chi connectivity index (χ3v) is 4.58. The van der Waals surface area contributed by atoms with E-state index in [0.29, 0.717) is 27.9 Å². The van der Waals surface area contributed by atoms with Crippen LogP contribution in [0.5, 0.6) is 5.75 Å². The van der Waals surface area contributed by atoms with E-state index in [1.54, 1.807) is 36.8 Å². The molecule has 0 radical (unpaired) electrons. The highest BCUT2D eigenvalue weighted by molar-refractivity contribution is 7.14. The van der Waals surface area contributed by atoms with E-state index in [2.05, 4.69) is 20.9 Å². The Labute approximate surface area is 166 Å². The van der Waals surface area contributed by atoms with E-state index in [-0.39, 0.29) is 18.4 Å². The van der Waals surface area contributed by atoms with Crippen molar-refractivity contribution in [2.24, 2.45) is 0 Å². The first-order valence-electron chi connectivity index (χ1n) is 8.55. The molecule has 3 rings (SSSR count). The Bertz CT molecular complexity index is 970. The number of rotatable bonds is 6. The first kappa shape index (κ1) is 19.4. The van der Waals surface area contributed by atoms with Crippen LogP contribution in [0.4, 0.5) is 21.3 Å². The number of urea groups is 1. The van der Waals surface area contributed by atoms with Crippen LogP contribution in [-0.4, -0.2) is 24.0 Å². The molecular weight excluding hydrogens is 376 g/mol. The highest BCUT2D eigenvalue weighted by Gasteiger charge is 2.11. The maximum absolute atomic E-state index is 12.2. The van der Waals surface area contributed by atoms with Crippen molar-refractivity contribution in [3.05, 3.63) is 65.2 Å². The number of aromatic nitrogens is 1. The zero-order chi connectivity index (χ0) is 19.9. The molecule has 0 spiro atoms. The molecule has 0 bridgehead atoms. The van der Waals surface area contributed by atoms with Crippen molar-refractivity contribution in [2.75, 3.05) is 23.1 Å². The number of aryl methyl sites for hydroxylation is 1. The van der Waals surface area contributed by atoms with Crippen molar-refractivity contribution in [3.8, 4) is 5.75 Å². The van der Waals surface area contributed by atoms with Gasteiger partial charge in [0.15, 0.2) is 5.13 Å². The van der Waals surface area contributed by atoms with Crippen LogP contribution in [0.25, 0.3) is 0 Å². The van der Waals surface area contributed by atoms with Gasteiger partial charge in [-0.15, -0.1) is 11.3 Å². The molecule has 0 aliphatic rings. The molecule has 0 saturated carbocycles. The van der Waals surface area contributed by atoms with Crippen LogP contribution in [0, 0.1) is 6.92 Å². The minimum atomic E-state index is -0.384. The Morgan fingerprint density at radius 1 is 1.04 bits per heavy atom. The molecule has 3 amide bonds. The smallest absolute Gasteiger partial charge is 0.325 e. The number of methoxy groups -OCH3 is 1. The normalized spacial score (nSPS) is 10.2. The molecule has 3 aromatic rings. The van der Waals surface area contributed by atoms with Crippen LogP contribution in [0.15, 0.2) is 53.9 Å². The minimum Gasteiger partial charge on any atom is -0.497 e. The van der Waals surface area contributed by atoms with Crippen molar-refractivity contribution in [1.82, 2.24) is 4.98 Å². The van der Waals surface area contributed by atoms with Gasteiger partial charge in [-0.05, 0) is 31.2 Å². The number of nitrogens with one attached hydrogen (secondary N) is 3. The van der Waals surface area contributed by atoms with Gasteiger partial charge in [0.05, 0.1) is 19.2 Å². The second-order valence-electron chi connectivity index (χ2n) is 6.05. The van der Waals surface area contributed by atoms with Gasteiger partial charge in [0.25, 0.3) is 0 Å². The van der Waals surface area contributed by atoms with Crippen LogP contribution in [-0.2, 0) is 11.2 Å².